The minimum Gasteiger partial charge on any atom is -0.494 e. The number of aromatic nitrogens is 4. The normalized spacial score (nSPS) is 13.8. The summed E-state index contributed by atoms with van der Waals surface area (Å²) in [5.74, 6) is 1.34. The first-order chi connectivity index (χ1) is 12.2. The molecule has 0 radical (unpaired) electrons. The van der Waals surface area contributed by atoms with Crippen molar-refractivity contribution in [3.05, 3.63) is 54.0 Å². The summed E-state index contributed by atoms with van der Waals surface area (Å²) in [6.07, 6.45) is 3.80. The molecule has 0 spiro atoms. The maximum absolute atomic E-state index is 14.2. The summed E-state index contributed by atoms with van der Waals surface area (Å²) in [6.45, 7) is 0.937. The summed E-state index contributed by atoms with van der Waals surface area (Å²) in [5.41, 5.74) is 0.708. The number of hydrogen-bond donors (Lipinski definition) is 0. The standard InChI is InChI=1S/C17H18FN5O2/c1-24-16-7-6-13(9-15(16)18)22(10-14-3-2-8-25-14)11-17-19-20-21-23(17)12-4-5-12/h2-3,6-9,12H,4-5,10-11H2,1H3. The van der Waals surface area contributed by atoms with Gasteiger partial charge < -0.3 is 14.1 Å². The molecule has 1 aliphatic rings. The molecule has 3 aromatic rings. The van der Waals surface area contributed by atoms with E-state index in [2.05, 4.69) is 15.5 Å². The summed E-state index contributed by atoms with van der Waals surface area (Å²) >= 11 is 0. The third-order valence-corrected chi connectivity index (χ3v) is 4.21. The van der Waals surface area contributed by atoms with Gasteiger partial charge in [0, 0.05) is 11.8 Å². The number of benzene rings is 1. The van der Waals surface area contributed by atoms with Gasteiger partial charge in [0.2, 0.25) is 0 Å². The summed E-state index contributed by atoms with van der Waals surface area (Å²) < 4.78 is 26.5. The van der Waals surface area contributed by atoms with E-state index in [1.807, 2.05) is 27.8 Å². The van der Waals surface area contributed by atoms with E-state index in [9.17, 15) is 4.39 Å². The van der Waals surface area contributed by atoms with E-state index in [4.69, 9.17) is 9.15 Å². The predicted octanol–water partition coefficient (Wildman–Crippen LogP) is 2.96. The van der Waals surface area contributed by atoms with Crippen LogP contribution in [0, 0.1) is 5.82 Å². The summed E-state index contributed by atoms with van der Waals surface area (Å²) in [7, 11) is 1.45. The Morgan fingerprint density at radius 3 is 2.88 bits per heavy atom. The molecule has 0 aliphatic heterocycles. The first kappa shape index (κ1) is 15.6. The SMILES string of the molecule is COc1ccc(N(Cc2ccco2)Cc2nnnn2C2CC2)cc1F. The van der Waals surface area contributed by atoms with E-state index >= 15 is 0 Å². The van der Waals surface area contributed by atoms with E-state index < -0.39 is 5.82 Å². The van der Waals surface area contributed by atoms with Gasteiger partial charge in [-0.1, -0.05) is 0 Å². The molecule has 2 aromatic heterocycles. The van der Waals surface area contributed by atoms with Crippen molar-refractivity contribution in [3.63, 3.8) is 0 Å². The highest BCUT2D eigenvalue weighted by atomic mass is 19.1. The zero-order valence-corrected chi connectivity index (χ0v) is 13.8. The molecule has 0 unspecified atom stereocenters. The Balaban J connectivity index is 1.63. The van der Waals surface area contributed by atoms with Crippen LogP contribution in [0.4, 0.5) is 10.1 Å². The quantitative estimate of drug-likeness (QED) is 0.657. The van der Waals surface area contributed by atoms with Gasteiger partial charge in [-0.15, -0.1) is 5.10 Å². The van der Waals surface area contributed by atoms with Gasteiger partial charge in [-0.2, -0.15) is 0 Å². The largest absolute Gasteiger partial charge is 0.494 e. The number of hydrogen-bond acceptors (Lipinski definition) is 6. The van der Waals surface area contributed by atoms with Crippen molar-refractivity contribution in [2.45, 2.75) is 32.0 Å². The number of tetrazole rings is 1. The van der Waals surface area contributed by atoms with Crippen LogP contribution in [-0.2, 0) is 13.1 Å². The van der Waals surface area contributed by atoms with Gasteiger partial charge in [0.1, 0.15) is 5.76 Å². The fraction of sp³-hybridized carbons (Fsp3) is 0.353. The molecule has 0 atom stereocenters. The van der Waals surface area contributed by atoms with Crippen LogP contribution >= 0.6 is 0 Å². The lowest BCUT2D eigenvalue weighted by Crippen LogP contribution is -2.24. The molecule has 0 saturated heterocycles. The minimum atomic E-state index is -0.411. The van der Waals surface area contributed by atoms with Crippen molar-refractivity contribution >= 4 is 5.69 Å². The smallest absolute Gasteiger partial charge is 0.170 e. The lowest BCUT2D eigenvalue weighted by atomic mass is 10.2. The van der Waals surface area contributed by atoms with Gasteiger partial charge in [0.05, 0.1) is 32.5 Å². The first-order valence-electron chi connectivity index (χ1n) is 8.12. The van der Waals surface area contributed by atoms with Crippen LogP contribution in [0.3, 0.4) is 0 Å². The molecule has 0 bridgehead atoms. The molecule has 25 heavy (non-hydrogen) atoms. The van der Waals surface area contributed by atoms with Crippen LogP contribution in [0.2, 0.25) is 0 Å². The van der Waals surface area contributed by atoms with Gasteiger partial charge in [-0.25, -0.2) is 9.07 Å². The molecule has 1 fully saturated rings. The third-order valence-electron chi connectivity index (χ3n) is 4.21. The average Bonchev–Trinajstić information content (AvgIpc) is 3.13. The fourth-order valence-corrected chi connectivity index (χ4v) is 2.77. The number of ether oxygens (including phenoxy) is 1. The molecule has 0 N–H and O–H groups in total. The van der Waals surface area contributed by atoms with Crippen LogP contribution in [0.15, 0.2) is 41.0 Å². The Morgan fingerprint density at radius 1 is 1.32 bits per heavy atom. The van der Waals surface area contributed by atoms with Gasteiger partial charge in [-0.05, 0) is 47.5 Å². The maximum atomic E-state index is 14.2. The van der Waals surface area contributed by atoms with E-state index in [0.717, 1.165) is 24.4 Å². The van der Waals surface area contributed by atoms with Gasteiger partial charge in [-0.3, -0.25) is 0 Å². The molecule has 1 saturated carbocycles. The van der Waals surface area contributed by atoms with Crippen LogP contribution in [0.25, 0.3) is 0 Å². The average molecular weight is 343 g/mol. The second-order valence-corrected chi connectivity index (χ2v) is 6.03. The lowest BCUT2D eigenvalue weighted by molar-refractivity contribution is 0.386. The van der Waals surface area contributed by atoms with Crippen molar-refractivity contribution in [2.75, 3.05) is 12.0 Å². The summed E-state index contributed by atoms with van der Waals surface area (Å²) in [6, 6.07) is 8.98. The topological polar surface area (TPSA) is 69.2 Å². The number of methoxy groups -OCH3 is 1. The maximum Gasteiger partial charge on any atom is 0.170 e. The van der Waals surface area contributed by atoms with Gasteiger partial charge >= 0.3 is 0 Å². The number of rotatable bonds is 7. The molecule has 0 amide bonds. The van der Waals surface area contributed by atoms with Crippen molar-refractivity contribution in [1.29, 1.82) is 0 Å². The Kier molecular flexibility index (Phi) is 4.09. The van der Waals surface area contributed by atoms with Crippen LogP contribution in [0.1, 0.15) is 30.5 Å². The highest BCUT2D eigenvalue weighted by molar-refractivity contribution is 5.50. The monoisotopic (exact) mass is 343 g/mol. The number of nitrogens with zero attached hydrogens (tertiary/aromatic N) is 5. The molecular formula is C17H18FN5O2. The Labute approximate surface area is 144 Å². The van der Waals surface area contributed by atoms with Gasteiger partial charge in [0.15, 0.2) is 17.4 Å². The molecule has 2 heterocycles. The van der Waals surface area contributed by atoms with E-state index in [0.29, 0.717) is 24.8 Å². The number of halogens is 1. The van der Waals surface area contributed by atoms with Crippen LogP contribution in [0.5, 0.6) is 5.75 Å². The predicted molar refractivity (Wildman–Crippen MR) is 87.6 cm³/mol. The second-order valence-electron chi connectivity index (χ2n) is 6.03. The van der Waals surface area contributed by atoms with E-state index in [-0.39, 0.29) is 5.75 Å². The molecule has 4 rings (SSSR count). The van der Waals surface area contributed by atoms with Gasteiger partial charge in [0.25, 0.3) is 0 Å². The highest BCUT2D eigenvalue weighted by Crippen LogP contribution is 2.35. The molecule has 1 aliphatic carbocycles. The Bertz CT molecular complexity index is 845. The Morgan fingerprint density at radius 2 is 2.20 bits per heavy atom. The van der Waals surface area contributed by atoms with Crippen molar-refractivity contribution in [2.24, 2.45) is 0 Å². The second kappa shape index (κ2) is 6.54. The van der Waals surface area contributed by atoms with Crippen LogP contribution in [-0.4, -0.2) is 27.3 Å². The number of anilines is 1. The first-order valence-corrected chi connectivity index (χ1v) is 8.12. The van der Waals surface area contributed by atoms with Crippen molar-refractivity contribution in [1.82, 2.24) is 20.2 Å². The van der Waals surface area contributed by atoms with Crippen LogP contribution < -0.4 is 9.64 Å². The van der Waals surface area contributed by atoms with E-state index in [1.54, 1.807) is 12.3 Å². The summed E-state index contributed by atoms with van der Waals surface area (Å²) in [5, 5.41) is 12.0. The molecule has 8 heteroatoms. The molecular weight excluding hydrogens is 325 g/mol. The zero-order chi connectivity index (χ0) is 17.2. The highest BCUT2D eigenvalue weighted by Gasteiger charge is 2.28. The zero-order valence-electron chi connectivity index (χ0n) is 13.8. The Hall–Kier alpha value is -2.90. The lowest BCUT2D eigenvalue weighted by Gasteiger charge is -2.23. The minimum absolute atomic E-state index is 0.213. The molecule has 7 nitrogen and oxygen atoms in total. The van der Waals surface area contributed by atoms with E-state index in [1.165, 1.54) is 13.2 Å². The van der Waals surface area contributed by atoms with Crippen molar-refractivity contribution in [3.8, 4) is 5.75 Å². The summed E-state index contributed by atoms with van der Waals surface area (Å²) in [4.78, 5) is 1.98. The molecule has 1 aromatic carbocycles. The fourth-order valence-electron chi connectivity index (χ4n) is 2.77. The molecule has 130 valence electrons. The third kappa shape index (κ3) is 3.33. The number of furan rings is 1. The van der Waals surface area contributed by atoms with Crippen molar-refractivity contribution < 1.29 is 13.5 Å².